The minimum atomic E-state index is 0.0447. The Morgan fingerprint density at radius 1 is 1.29 bits per heavy atom. The van der Waals surface area contributed by atoms with Crippen LogP contribution in [-0.2, 0) is 4.79 Å². The number of benzene rings is 1. The summed E-state index contributed by atoms with van der Waals surface area (Å²) in [6.07, 6.45) is 3.75. The molecule has 5 nitrogen and oxygen atoms in total. The first-order valence-corrected chi connectivity index (χ1v) is 8.88. The predicted octanol–water partition coefficient (Wildman–Crippen LogP) is 3.07. The summed E-state index contributed by atoms with van der Waals surface area (Å²) in [4.78, 5) is 23.8. The lowest BCUT2D eigenvalue weighted by atomic mass is 10.1. The van der Waals surface area contributed by atoms with Crippen molar-refractivity contribution in [2.45, 2.75) is 18.9 Å². The van der Waals surface area contributed by atoms with E-state index in [1.807, 2.05) is 30.1 Å². The summed E-state index contributed by atoms with van der Waals surface area (Å²) >= 11 is 1.60. The van der Waals surface area contributed by atoms with Crippen molar-refractivity contribution in [3.05, 3.63) is 42.0 Å². The van der Waals surface area contributed by atoms with E-state index in [1.165, 1.54) is 0 Å². The number of amides is 1. The lowest BCUT2D eigenvalue weighted by Crippen LogP contribution is -2.36. The molecular formula is C18H18N4OS. The summed E-state index contributed by atoms with van der Waals surface area (Å²) in [5, 5.41) is 6.14. The van der Waals surface area contributed by atoms with E-state index < -0.39 is 0 Å². The van der Waals surface area contributed by atoms with Gasteiger partial charge in [-0.15, -0.1) is 11.3 Å². The van der Waals surface area contributed by atoms with E-state index in [-0.39, 0.29) is 5.91 Å². The highest BCUT2D eigenvalue weighted by atomic mass is 32.1. The van der Waals surface area contributed by atoms with Crippen molar-refractivity contribution < 1.29 is 4.79 Å². The molecule has 0 spiro atoms. The zero-order valence-electron chi connectivity index (χ0n) is 13.4. The molecule has 1 aromatic carbocycles. The normalized spacial score (nSPS) is 13.9. The molecule has 122 valence electrons. The number of carbonyl (C=O) groups is 1. The molecule has 2 aromatic heterocycles. The third-order valence-corrected chi connectivity index (χ3v) is 5.01. The van der Waals surface area contributed by atoms with E-state index in [1.54, 1.807) is 17.7 Å². The highest BCUT2D eigenvalue weighted by molar-refractivity contribution is 7.17. The third-order valence-electron chi connectivity index (χ3n) is 4.12. The molecule has 1 fully saturated rings. The van der Waals surface area contributed by atoms with Crippen LogP contribution in [-0.4, -0.2) is 35.5 Å². The van der Waals surface area contributed by atoms with Gasteiger partial charge in [0.1, 0.15) is 17.0 Å². The quantitative estimate of drug-likeness (QED) is 0.777. The fourth-order valence-electron chi connectivity index (χ4n) is 2.77. The number of anilines is 1. The molecule has 6 heteroatoms. The monoisotopic (exact) mass is 338 g/mol. The van der Waals surface area contributed by atoms with Crippen LogP contribution in [0.15, 0.2) is 42.0 Å². The van der Waals surface area contributed by atoms with E-state index >= 15 is 0 Å². The van der Waals surface area contributed by atoms with Gasteiger partial charge in [-0.3, -0.25) is 4.79 Å². The second kappa shape index (κ2) is 6.20. The van der Waals surface area contributed by atoms with E-state index in [0.29, 0.717) is 12.6 Å². The van der Waals surface area contributed by atoms with Gasteiger partial charge in [-0.05, 0) is 18.4 Å². The number of likely N-dealkylation sites (N-methyl/N-ethyl adjacent to an activating group) is 1. The zero-order chi connectivity index (χ0) is 16.5. The van der Waals surface area contributed by atoms with Crippen LogP contribution in [0.3, 0.4) is 0 Å². The van der Waals surface area contributed by atoms with Crippen LogP contribution < -0.4 is 10.2 Å². The number of hydrogen-bond donors (Lipinski definition) is 1. The fourth-order valence-corrected chi connectivity index (χ4v) is 3.68. The smallest absolute Gasteiger partial charge is 0.239 e. The average Bonchev–Trinajstić information content (AvgIpc) is 3.30. The minimum absolute atomic E-state index is 0.0447. The van der Waals surface area contributed by atoms with E-state index in [0.717, 1.165) is 40.0 Å². The summed E-state index contributed by atoms with van der Waals surface area (Å²) < 4.78 is 0. The average molecular weight is 338 g/mol. The number of hydrogen-bond acceptors (Lipinski definition) is 5. The number of thiophene rings is 1. The van der Waals surface area contributed by atoms with Crippen LogP contribution in [0.1, 0.15) is 12.8 Å². The summed E-state index contributed by atoms with van der Waals surface area (Å²) in [5.41, 5.74) is 2.25. The van der Waals surface area contributed by atoms with Gasteiger partial charge in [0.05, 0.1) is 11.9 Å². The summed E-state index contributed by atoms with van der Waals surface area (Å²) in [5.74, 6) is 0.842. The Morgan fingerprint density at radius 3 is 2.83 bits per heavy atom. The number of nitrogens with one attached hydrogen (secondary N) is 1. The molecule has 0 saturated heterocycles. The largest absolute Gasteiger partial charge is 0.352 e. The maximum atomic E-state index is 12.1. The van der Waals surface area contributed by atoms with Crippen molar-refractivity contribution in [2.24, 2.45) is 0 Å². The van der Waals surface area contributed by atoms with E-state index in [4.69, 9.17) is 0 Å². The molecule has 2 heterocycles. The lowest BCUT2D eigenvalue weighted by Gasteiger charge is -2.19. The fraction of sp³-hybridized carbons (Fsp3) is 0.278. The second-order valence-electron chi connectivity index (χ2n) is 6.09. The van der Waals surface area contributed by atoms with Crippen molar-refractivity contribution in [3.8, 4) is 11.1 Å². The Hall–Kier alpha value is -2.47. The molecule has 1 N–H and O–H groups in total. The first-order valence-electron chi connectivity index (χ1n) is 8.00. The topological polar surface area (TPSA) is 58.1 Å². The van der Waals surface area contributed by atoms with Crippen LogP contribution in [0.2, 0.25) is 0 Å². The molecule has 0 aliphatic heterocycles. The van der Waals surface area contributed by atoms with Crippen molar-refractivity contribution in [1.29, 1.82) is 0 Å². The summed E-state index contributed by atoms with van der Waals surface area (Å²) in [6, 6.07) is 10.6. The number of fused-ring (bicyclic) bond motifs is 1. The molecular weight excluding hydrogens is 320 g/mol. The van der Waals surface area contributed by atoms with Crippen LogP contribution in [0.5, 0.6) is 0 Å². The number of rotatable bonds is 5. The molecule has 1 aliphatic carbocycles. The molecule has 0 radical (unpaired) electrons. The molecule has 24 heavy (non-hydrogen) atoms. The van der Waals surface area contributed by atoms with Crippen LogP contribution in [0.4, 0.5) is 5.82 Å². The van der Waals surface area contributed by atoms with Crippen LogP contribution in [0.25, 0.3) is 21.3 Å². The third kappa shape index (κ3) is 2.97. The Balaban J connectivity index is 1.69. The second-order valence-corrected chi connectivity index (χ2v) is 6.95. The Kier molecular flexibility index (Phi) is 3.90. The molecule has 1 aliphatic rings. The van der Waals surface area contributed by atoms with Crippen molar-refractivity contribution in [3.63, 3.8) is 0 Å². The molecule has 0 unspecified atom stereocenters. The van der Waals surface area contributed by atoms with E-state index in [9.17, 15) is 4.79 Å². The van der Waals surface area contributed by atoms with Crippen LogP contribution in [0, 0.1) is 0 Å². The van der Waals surface area contributed by atoms with Crippen molar-refractivity contribution in [1.82, 2.24) is 15.3 Å². The first kappa shape index (κ1) is 15.1. The predicted molar refractivity (Wildman–Crippen MR) is 97.3 cm³/mol. The van der Waals surface area contributed by atoms with Gasteiger partial charge in [-0.1, -0.05) is 30.3 Å². The molecule has 4 rings (SSSR count). The maximum absolute atomic E-state index is 12.1. The SMILES string of the molecule is CN(CC(=O)NC1CC1)c1ncnc2scc(-c3ccccc3)c12. The molecule has 0 atom stereocenters. The van der Waals surface area contributed by atoms with Gasteiger partial charge in [0.25, 0.3) is 0 Å². The van der Waals surface area contributed by atoms with Crippen molar-refractivity contribution >= 4 is 33.3 Å². The van der Waals surface area contributed by atoms with Gasteiger partial charge >= 0.3 is 0 Å². The number of aromatic nitrogens is 2. The van der Waals surface area contributed by atoms with Gasteiger partial charge in [0.15, 0.2) is 0 Å². The standard InChI is InChI=1S/C18H18N4OS/c1-22(9-15(23)21-13-7-8-13)17-16-14(12-5-3-2-4-6-12)10-24-18(16)20-11-19-17/h2-6,10-11,13H,7-9H2,1H3,(H,21,23). The molecule has 0 bridgehead atoms. The van der Waals surface area contributed by atoms with Crippen molar-refractivity contribution in [2.75, 3.05) is 18.5 Å². The van der Waals surface area contributed by atoms with Crippen LogP contribution >= 0.6 is 11.3 Å². The molecule has 3 aromatic rings. The Labute approximate surface area is 144 Å². The highest BCUT2D eigenvalue weighted by Crippen LogP contribution is 2.37. The van der Waals surface area contributed by atoms with Gasteiger partial charge < -0.3 is 10.2 Å². The van der Waals surface area contributed by atoms with Gasteiger partial charge in [-0.2, -0.15) is 0 Å². The number of carbonyl (C=O) groups excluding carboxylic acids is 1. The van der Waals surface area contributed by atoms with E-state index in [2.05, 4.69) is 32.8 Å². The summed E-state index contributed by atoms with van der Waals surface area (Å²) in [7, 11) is 1.90. The van der Waals surface area contributed by atoms with Gasteiger partial charge in [0.2, 0.25) is 5.91 Å². The molecule has 1 amide bonds. The van der Waals surface area contributed by atoms with Gasteiger partial charge in [0, 0.05) is 24.0 Å². The highest BCUT2D eigenvalue weighted by Gasteiger charge is 2.24. The Bertz CT molecular complexity index is 873. The first-order chi connectivity index (χ1) is 11.7. The zero-order valence-corrected chi connectivity index (χ0v) is 14.2. The molecule has 1 saturated carbocycles. The summed E-state index contributed by atoms with van der Waals surface area (Å²) in [6.45, 7) is 0.298. The van der Waals surface area contributed by atoms with Gasteiger partial charge in [-0.25, -0.2) is 9.97 Å². The Morgan fingerprint density at radius 2 is 2.08 bits per heavy atom. The number of nitrogens with zero attached hydrogens (tertiary/aromatic N) is 3. The minimum Gasteiger partial charge on any atom is -0.352 e. The maximum Gasteiger partial charge on any atom is 0.239 e. The lowest BCUT2D eigenvalue weighted by molar-refractivity contribution is -0.119.